The lowest BCUT2D eigenvalue weighted by Crippen LogP contribution is -2.41. The van der Waals surface area contributed by atoms with Gasteiger partial charge >= 0.3 is 7.12 Å². The second-order valence-corrected chi connectivity index (χ2v) is 5.70. The summed E-state index contributed by atoms with van der Waals surface area (Å²) in [6.45, 7) is 8.67. The van der Waals surface area contributed by atoms with Crippen molar-refractivity contribution in [1.29, 1.82) is 0 Å². The van der Waals surface area contributed by atoms with E-state index in [0.29, 0.717) is 6.61 Å². The van der Waals surface area contributed by atoms with E-state index >= 15 is 0 Å². The van der Waals surface area contributed by atoms with Crippen LogP contribution in [0, 0.1) is 0 Å². The van der Waals surface area contributed by atoms with Crippen molar-refractivity contribution in [2.75, 3.05) is 7.11 Å². The minimum atomic E-state index is -0.396. The first-order valence-electron chi connectivity index (χ1n) is 6.14. The molecule has 1 fully saturated rings. The molecule has 0 radical (unpaired) electrons. The van der Waals surface area contributed by atoms with E-state index < -0.39 is 7.12 Å². The Morgan fingerprint density at radius 1 is 1.28 bits per heavy atom. The molecule has 0 amide bonds. The Morgan fingerprint density at radius 3 is 2.33 bits per heavy atom. The highest BCUT2D eigenvalue weighted by atomic mass is 16.7. The Labute approximate surface area is 109 Å². The number of nitrogens with zero attached hydrogens (tertiary/aromatic N) is 2. The van der Waals surface area contributed by atoms with Crippen molar-refractivity contribution >= 4 is 12.7 Å². The largest absolute Gasteiger partial charge is 0.514 e. The zero-order valence-electron chi connectivity index (χ0n) is 12.0. The van der Waals surface area contributed by atoms with Gasteiger partial charge in [-0.15, -0.1) is 0 Å². The van der Waals surface area contributed by atoms with E-state index in [2.05, 4.69) is 5.10 Å². The molecule has 0 N–H and O–H groups in total. The average molecular weight is 252 g/mol. The lowest BCUT2D eigenvalue weighted by Gasteiger charge is -2.32. The molecular formula is C12H21BN2O3. The molecule has 0 aliphatic carbocycles. The highest BCUT2D eigenvalue weighted by molar-refractivity contribution is 6.61. The molecule has 0 saturated carbocycles. The lowest BCUT2D eigenvalue weighted by atomic mass is 9.82. The molecule has 1 aliphatic rings. The van der Waals surface area contributed by atoms with Crippen molar-refractivity contribution in [2.24, 2.45) is 7.05 Å². The van der Waals surface area contributed by atoms with Gasteiger partial charge in [-0.1, -0.05) is 0 Å². The van der Waals surface area contributed by atoms with Crippen LogP contribution < -0.4 is 5.59 Å². The Bertz CT molecular complexity index is 427. The number of hydrogen-bond donors (Lipinski definition) is 0. The van der Waals surface area contributed by atoms with Gasteiger partial charge in [0.15, 0.2) is 0 Å². The highest BCUT2D eigenvalue weighted by Crippen LogP contribution is 2.36. The number of hydrogen-bond acceptors (Lipinski definition) is 4. The highest BCUT2D eigenvalue weighted by Gasteiger charge is 2.53. The number of methoxy groups -OCH3 is 1. The number of ether oxygens (including phenoxy) is 1. The normalized spacial score (nSPS) is 21.6. The first-order chi connectivity index (χ1) is 8.28. The fourth-order valence-corrected chi connectivity index (χ4v) is 2.02. The molecule has 1 aromatic rings. The molecule has 0 atom stereocenters. The molecule has 0 bridgehead atoms. The summed E-state index contributed by atoms with van der Waals surface area (Å²) >= 11 is 0. The maximum atomic E-state index is 6.04. The molecule has 100 valence electrons. The first-order valence-corrected chi connectivity index (χ1v) is 6.14. The SMILES string of the molecule is COCc1cnn(C)c1B1OC(C)(C)C(C)(C)O1. The summed E-state index contributed by atoms with van der Waals surface area (Å²) in [4.78, 5) is 0. The first kappa shape index (κ1) is 13.6. The van der Waals surface area contributed by atoms with Gasteiger partial charge < -0.3 is 14.0 Å². The van der Waals surface area contributed by atoms with Crippen molar-refractivity contribution in [3.05, 3.63) is 11.8 Å². The number of aryl methyl sites for hydroxylation is 1. The third-order valence-electron chi connectivity index (χ3n) is 3.84. The molecule has 1 aliphatic heterocycles. The van der Waals surface area contributed by atoms with E-state index in [4.69, 9.17) is 14.0 Å². The van der Waals surface area contributed by atoms with Crippen molar-refractivity contribution in [3.63, 3.8) is 0 Å². The van der Waals surface area contributed by atoms with E-state index in [-0.39, 0.29) is 11.2 Å². The molecule has 1 aromatic heterocycles. The third-order valence-corrected chi connectivity index (χ3v) is 3.84. The predicted octanol–water partition coefficient (Wildman–Crippen LogP) is 0.866. The zero-order valence-corrected chi connectivity index (χ0v) is 12.0. The second kappa shape index (κ2) is 4.37. The smallest absolute Gasteiger partial charge is 0.398 e. The van der Waals surface area contributed by atoms with Gasteiger partial charge in [0.05, 0.1) is 29.6 Å². The van der Waals surface area contributed by atoms with Crippen LogP contribution in [-0.2, 0) is 27.7 Å². The second-order valence-electron chi connectivity index (χ2n) is 5.70. The predicted molar refractivity (Wildman–Crippen MR) is 69.6 cm³/mol. The fourth-order valence-electron chi connectivity index (χ4n) is 2.02. The Kier molecular flexibility index (Phi) is 3.29. The molecule has 0 unspecified atom stereocenters. The summed E-state index contributed by atoms with van der Waals surface area (Å²) in [6.07, 6.45) is 1.80. The molecule has 0 aromatic carbocycles. The maximum Gasteiger partial charge on any atom is 0.514 e. The van der Waals surface area contributed by atoms with Crippen LogP contribution in [0.25, 0.3) is 0 Å². The van der Waals surface area contributed by atoms with Crippen molar-refractivity contribution < 1.29 is 14.0 Å². The van der Waals surface area contributed by atoms with Crippen LogP contribution >= 0.6 is 0 Å². The molecule has 2 rings (SSSR count). The summed E-state index contributed by atoms with van der Waals surface area (Å²) in [6, 6.07) is 0. The molecule has 1 saturated heterocycles. The van der Waals surface area contributed by atoms with Crippen LogP contribution in [-0.4, -0.2) is 35.2 Å². The summed E-state index contributed by atoms with van der Waals surface area (Å²) in [7, 11) is 3.16. The molecular weight excluding hydrogens is 231 g/mol. The Hall–Kier alpha value is -0.845. The molecule has 5 nitrogen and oxygen atoms in total. The van der Waals surface area contributed by atoms with Crippen LogP contribution in [0.4, 0.5) is 0 Å². The quantitative estimate of drug-likeness (QED) is 0.749. The monoisotopic (exact) mass is 252 g/mol. The molecule has 0 spiro atoms. The maximum absolute atomic E-state index is 6.04. The minimum absolute atomic E-state index is 0.341. The van der Waals surface area contributed by atoms with Crippen LogP contribution in [0.1, 0.15) is 33.3 Å². The average Bonchev–Trinajstić information content (AvgIpc) is 2.67. The van der Waals surface area contributed by atoms with E-state index in [1.54, 1.807) is 18.0 Å². The van der Waals surface area contributed by atoms with Gasteiger partial charge in [0.25, 0.3) is 0 Å². The van der Waals surface area contributed by atoms with Gasteiger partial charge in [-0.05, 0) is 27.7 Å². The van der Waals surface area contributed by atoms with Gasteiger partial charge in [-0.2, -0.15) is 5.10 Å². The molecule has 2 heterocycles. The summed E-state index contributed by atoms with van der Waals surface area (Å²) in [5, 5.41) is 4.25. The van der Waals surface area contributed by atoms with Crippen molar-refractivity contribution in [2.45, 2.75) is 45.5 Å². The van der Waals surface area contributed by atoms with Gasteiger partial charge in [0.2, 0.25) is 0 Å². The molecule has 6 heteroatoms. The van der Waals surface area contributed by atoms with Crippen LogP contribution in [0.2, 0.25) is 0 Å². The summed E-state index contributed by atoms with van der Waals surface area (Å²) in [5.74, 6) is 0. The van der Waals surface area contributed by atoms with Crippen LogP contribution in [0.15, 0.2) is 6.20 Å². The van der Waals surface area contributed by atoms with Crippen molar-refractivity contribution in [3.8, 4) is 0 Å². The van der Waals surface area contributed by atoms with Gasteiger partial charge in [0, 0.05) is 19.7 Å². The lowest BCUT2D eigenvalue weighted by molar-refractivity contribution is 0.00578. The minimum Gasteiger partial charge on any atom is -0.398 e. The standard InChI is InChI=1S/C12H21BN2O3/c1-11(2)12(3,4)18-13(17-11)10-9(8-16-6)7-14-15(10)5/h7H,8H2,1-6H3. The number of rotatable bonds is 3. The zero-order chi connectivity index (χ0) is 13.6. The summed E-state index contributed by atoms with van der Waals surface area (Å²) in [5.41, 5.74) is 1.24. The fraction of sp³-hybridized carbons (Fsp3) is 0.750. The Morgan fingerprint density at radius 2 is 1.83 bits per heavy atom. The van der Waals surface area contributed by atoms with Gasteiger partial charge in [-0.3, -0.25) is 4.68 Å². The Balaban J connectivity index is 2.32. The van der Waals surface area contributed by atoms with E-state index in [1.165, 1.54) is 0 Å². The van der Waals surface area contributed by atoms with Crippen LogP contribution in [0.5, 0.6) is 0 Å². The van der Waals surface area contributed by atoms with E-state index in [9.17, 15) is 0 Å². The van der Waals surface area contributed by atoms with Gasteiger partial charge in [-0.25, -0.2) is 0 Å². The molecule has 18 heavy (non-hydrogen) atoms. The third kappa shape index (κ3) is 2.09. The van der Waals surface area contributed by atoms with E-state index in [0.717, 1.165) is 11.2 Å². The topological polar surface area (TPSA) is 45.5 Å². The number of aromatic nitrogens is 2. The van der Waals surface area contributed by atoms with Gasteiger partial charge in [0.1, 0.15) is 0 Å². The van der Waals surface area contributed by atoms with E-state index in [1.807, 2.05) is 34.7 Å². The van der Waals surface area contributed by atoms with Crippen molar-refractivity contribution in [1.82, 2.24) is 9.78 Å². The summed E-state index contributed by atoms with van der Waals surface area (Å²) < 4.78 is 19.0. The van der Waals surface area contributed by atoms with Crippen LogP contribution in [0.3, 0.4) is 0 Å².